The van der Waals surface area contributed by atoms with Crippen LogP contribution in [-0.4, -0.2) is 5.78 Å². The van der Waals surface area contributed by atoms with Crippen LogP contribution in [0.2, 0.25) is 0 Å². The topological polar surface area (TPSA) is 17.1 Å². The van der Waals surface area contributed by atoms with Crippen molar-refractivity contribution in [3.63, 3.8) is 0 Å². The third-order valence-electron chi connectivity index (χ3n) is 6.16. The third-order valence-corrected chi connectivity index (χ3v) is 6.16. The van der Waals surface area contributed by atoms with E-state index in [4.69, 9.17) is 0 Å². The van der Waals surface area contributed by atoms with Crippen LogP contribution in [0.5, 0.6) is 0 Å². The summed E-state index contributed by atoms with van der Waals surface area (Å²) in [6, 6.07) is 29.4. The number of carbonyl (C=O) groups excluding carboxylic acids is 1. The van der Waals surface area contributed by atoms with Gasteiger partial charge in [-0.2, -0.15) is 0 Å². The van der Waals surface area contributed by atoms with E-state index in [1.54, 1.807) is 0 Å². The Labute approximate surface area is 164 Å². The minimum Gasteiger partial charge on any atom is -0.289 e. The zero-order valence-electron chi connectivity index (χ0n) is 15.4. The summed E-state index contributed by atoms with van der Waals surface area (Å²) in [5, 5.41) is 0. The van der Waals surface area contributed by atoms with Crippen LogP contribution >= 0.6 is 0 Å². The van der Waals surface area contributed by atoms with Crippen molar-refractivity contribution in [2.75, 3.05) is 0 Å². The summed E-state index contributed by atoms with van der Waals surface area (Å²) in [4.78, 5) is 13.4. The van der Waals surface area contributed by atoms with Gasteiger partial charge in [-0.25, -0.2) is 0 Å². The van der Waals surface area contributed by atoms with Crippen LogP contribution in [0.3, 0.4) is 0 Å². The SMILES string of the molecule is O=C1c2ccccc2Cc2cccc(-c3cccc4c3Cc3ccccc3-4)c21. The standard InChI is InChI=1S/C27H18O/c28-27-21-11-4-2-7-17(21)15-19-9-5-14-24(26(19)27)23-13-6-12-22-20-10-3-1-8-18(20)16-25(22)23/h1-14H,15-16H2. The molecule has 132 valence electrons. The van der Waals surface area contributed by atoms with E-state index in [2.05, 4.69) is 66.7 Å². The number of hydrogen-bond acceptors (Lipinski definition) is 1. The van der Waals surface area contributed by atoms with E-state index in [9.17, 15) is 4.79 Å². The Bertz CT molecular complexity index is 1280. The van der Waals surface area contributed by atoms with Gasteiger partial charge in [-0.15, -0.1) is 0 Å². The Kier molecular flexibility index (Phi) is 3.21. The van der Waals surface area contributed by atoms with E-state index in [1.165, 1.54) is 27.8 Å². The molecule has 4 aromatic carbocycles. The molecule has 4 aromatic rings. The summed E-state index contributed by atoms with van der Waals surface area (Å²) in [6.45, 7) is 0. The minimum absolute atomic E-state index is 0.153. The fourth-order valence-corrected chi connectivity index (χ4v) is 4.89. The molecule has 0 aliphatic heterocycles. The molecule has 0 fully saturated rings. The first-order valence-corrected chi connectivity index (χ1v) is 9.76. The molecular formula is C27H18O. The zero-order valence-corrected chi connectivity index (χ0v) is 15.4. The number of fused-ring (bicyclic) bond motifs is 5. The molecule has 0 bridgehead atoms. The number of carbonyl (C=O) groups is 1. The normalized spacial score (nSPS) is 13.5. The van der Waals surface area contributed by atoms with Gasteiger partial charge in [0.1, 0.15) is 0 Å². The van der Waals surface area contributed by atoms with Gasteiger partial charge in [-0.05, 0) is 57.3 Å². The highest BCUT2D eigenvalue weighted by Crippen LogP contribution is 2.43. The Balaban J connectivity index is 1.58. The quantitative estimate of drug-likeness (QED) is 0.349. The molecule has 0 heterocycles. The molecule has 0 saturated heterocycles. The van der Waals surface area contributed by atoms with Crippen LogP contribution in [-0.2, 0) is 12.8 Å². The number of rotatable bonds is 1. The molecule has 0 amide bonds. The lowest BCUT2D eigenvalue weighted by Crippen LogP contribution is -2.16. The summed E-state index contributed by atoms with van der Waals surface area (Å²) in [5.74, 6) is 0.153. The first kappa shape index (κ1) is 15.6. The molecule has 0 N–H and O–H groups in total. The van der Waals surface area contributed by atoms with Crippen molar-refractivity contribution in [1.29, 1.82) is 0 Å². The van der Waals surface area contributed by atoms with E-state index in [-0.39, 0.29) is 5.78 Å². The molecule has 1 heteroatoms. The first-order valence-electron chi connectivity index (χ1n) is 9.76. The Hall–Kier alpha value is -3.45. The predicted octanol–water partition coefficient (Wildman–Crippen LogP) is 6.06. The molecule has 0 unspecified atom stereocenters. The molecule has 2 aliphatic carbocycles. The maximum absolute atomic E-state index is 13.4. The van der Waals surface area contributed by atoms with Gasteiger partial charge >= 0.3 is 0 Å². The van der Waals surface area contributed by atoms with Crippen molar-refractivity contribution in [3.8, 4) is 22.3 Å². The van der Waals surface area contributed by atoms with Gasteiger partial charge < -0.3 is 0 Å². The van der Waals surface area contributed by atoms with E-state index < -0.39 is 0 Å². The lowest BCUT2D eigenvalue weighted by atomic mass is 9.80. The highest BCUT2D eigenvalue weighted by atomic mass is 16.1. The third kappa shape index (κ3) is 2.10. The largest absolute Gasteiger partial charge is 0.289 e. The summed E-state index contributed by atoms with van der Waals surface area (Å²) < 4.78 is 0. The lowest BCUT2D eigenvalue weighted by Gasteiger charge is -2.22. The summed E-state index contributed by atoms with van der Waals surface area (Å²) in [5.41, 5.74) is 11.6. The Morgan fingerprint density at radius 3 is 1.82 bits per heavy atom. The van der Waals surface area contributed by atoms with Gasteiger partial charge in [0, 0.05) is 11.1 Å². The van der Waals surface area contributed by atoms with E-state index in [1.807, 2.05) is 18.2 Å². The molecule has 0 spiro atoms. The van der Waals surface area contributed by atoms with Gasteiger partial charge in [0.15, 0.2) is 5.78 Å². The fourth-order valence-electron chi connectivity index (χ4n) is 4.89. The zero-order chi connectivity index (χ0) is 18.7. The number of ketones is 1. The second-order valence-electron chi connectivity index (χ2n) is 7.67. The van der Waals surface area contributed by atoms with Crippen LogP contribution in [0.1, 0.15) is 38.2 Å². The van der Waals surface area contributed by atoms with Gasteiger partial charge in [-0.1, -0.05) is 84.9 Å². The highest BCUT2D eigenvalue weighted by molar-refractivity contribution is 6.16. The molecule has 28 heavy (non-hydrogen) atoms. The number of benzene rings is 4. The van der Waals surface area contributed by atoms with Crippen molar-refractivity contribution in [3.05, 3.63) is 118 Å². The average Bonchev–Trinajstić information content (AvgIpc) is 3.12. The van der Waals surface area contributed by atoms with Crippen molar-refractivity contribution in [1.82, 2.24) is 0 Å². The highest BCUT2D eigenvalue weighted by Gasteiger charge is 2.28. The van der Waals surface area contributed by atoms with E-state index in [0.29, 0.717) is 0 Å². The predicted molar refractivity (Wildman–Crippen MR) is 113 cm³/mol. The summed E-state index contributed by atoms with van der Waals surface area (Å²) in [6.07, 6.45) is 1.75. The van der Waals surface area contributed by atoms with E-state index >= 15 is 0 Å². The molecule has 0 radical (unpaired) electrons. The molecule has 0 atom stereocenters. The second-order valence-corrected chi connectivity index (χ2v) is 7.67. The van der Waals surface area contributed by atoms with Crippen LogP contribution in [0, 0.1) is 0 Å². The summed E-state index contributed by atoms with van der Waals surface area (Å²) in [7, 11) is 0. The molecule has 6 rings (SSSR count). The smallest absolute Gasteiger partial charge is 0.194 e. The van der Waals surface area contributed by atoms with Gasteiger partial charge in [-0.3, -0.25) is 4.79 Å². The van der Waals surface area contributed by atoms with Crippen molar-refractivity contribution < 1.29 is 4.79 Å². The summed E-state index contributed by atoms with van der Waals surface area (Å²) >= 11 is 0. The first-order chi connectivity index (χ1) is 13.8. The average molecular weight is 358 g/mol. The van der Waals surface area contributed by atoms with E-state index in [0.717, 1.165) is 40.7 Å². The van der Waals surface area contributed by atoms with Gasteiger partial charge in [0.2, 0.25) is 0 Å². The molecule has 0 saturated carbocycles. The van der Waals surface area contributed by atoms with Crippen LogP contribution in [0.4, 0.5) is 0 Å². The molecule has 0 aromatic heterocycles. The lowest BCUT2D eigenvalue weighted by molar-refractivity contribution is 0.103. The molecule has 2 aliphatic rings. The van der Waals surface area contributed by atoms with Crippen LogP contribution in [0.15, 0.2) is 84.9 Å². The van der Waals surface area contributed by atoms with Crippen molar-refractivity contribution in [2.45, 2.75) is 12.8 Å². The van der Waals surface area contributed by atoms with Crippen molar-refractivity contribution >= 4 is 5.78 Å². The molecule has 1 nitrogen and oxygen atoms in total. The molecular weight excluding hydrogens is 340 g/mol. The van der Waals surface area contributed by atoms with Crippen LogP contribution in [0.25, 0.3) is 22.3 Å². The Morgan fingerprint density at radius 1 is 0.464 bits per heavy atom. The van der Waals surface area contributed by atoms with Crippen molar-refractivity contribution in [2.24, 2.45) is 0 Å². The minimum atomic E-state index is 0.153. The van der Waals surface area contributed by atoms with Gasteiger partial charge in [0.25, 0.3) is 0 Å². The maximum atomic E-state index is 13.4. The maximum Gasteiger partial charge on any atom is 0.194 e. The Morgan fingerprint density at radius 2 is 1.00 bits per heavy atom. The van der Waals surface area contributed by atoms with Gasteiger partial charge in [0.05, 0.1) is 0 Å². The monoisotopic (exact) mass is 358 g/mol. The second kappa shape index (κ2) is 5.77. The van der Waals surface area contributed by atoms with Crippen LogP contribution < -0.4 is 0 Å². The fraction of sp³-hybridized carbons (Fsp3) is 0.0741. The number of hydrogen-bond donors (Lipinski definition) is 0.